The number of benzene rings is 1. The molecule has 1 saturated carbocycles. The standard InChI is InChI=1S/C21H29N7O/c1-22-21(23-13-19-26-24-15-28(19)18-9-3-2-4-10-18)25-17-11-12-27(14-17)20(29)16-7-5-6-8-16/h2-4,9-10,15-17H,5-8,11-14H2,1H3,(H2,22,23,25). The maximum absolute atomic E-state index is 12.6. The van der Waals surface area contributed by atoms with Gasteiger partial charge in [0, 0.05) is 37.8 Å². The second-order valence-corrected chi connectivity index (χ2v) is 7.77. The summed E-state index contributed by atoms with van der Waals surface area (Å²) in [5, 5.41) is 15.0. The molecule has 2 heterocycles. The lowest BCUT2D eigenvalue weighted by Crippen LogP contribution is -2.45. The molecule has 2 fully saturated rings. The van der Waals surface area contributed by atoms with Crippen LogP contribution in [0.5, 0.6) is 0 Å². The number of hydrogen-bond donors (Lipinski definition) is 2. The normalized spacial score (nSPS) is 20.2. The SMILES string of the molecule is CN=C(NCc1nncn1-c1ccccc1)NC1CCN(C(=O)C2CCCC2)C1. The van der Waals surface area contributed by atoms with E-state index in [0.717, 1.165) is 43.9 Å². The molecule has 1 aromatic carbocycles. The number of hydrogen-bond acceptors (Lipinski definition) is 4. The minimum absolute atomic E-state index is 0.221. The molecule has 1 aromatic heterocycles. The fourth-order valence-corrected chi connectivity index (χ4v) is 4.24. The molecule has 1 saturated heterocycles. The lowest BCUT2D eigenvalue weighted by Gasteiger charge is -2.21. The summed E-state index contributed by atoms with van der Waals surface area (Å²) in [4.78, 5) is 19.0. The van der Waals surface area contributed by atoms with Crippen LogP contribution in [0.15, 0.2) is 41.7 Å². The third-order valence-corrected chi connectivity index (χ3v) is 5.84. The van der Waals surface area contributed by atoms with Gasteiger partial charge in [0.2, 0.25) is 5.91 Å². The van der Waals surface area contributed by atoms with Gasteiger partial charge < -0.3 is 15.5 Å². The van der Waals surface area contributed by atoms with E-state index in [1.54, 1.807) is 13.4 Å². The van der Waals surface area contributed by atoms with E-state index in [0.29, 0.717) is 18.4 Å². The van der Waals surface area contributed by atoms with E-state index < -0.39 is 0 Å². The van der Waals surface area contributed by atoms with Gasteiger partial charge in [-0.2, -0.15) is 0 Å². The molecule has 0 radical (unpaired) electrons. The highest BCUT2D eigenvalue weighted by Gasteiger charge is 2.32. The molecule has 0 spiro atoms. The van der Waals surface area contributed by atoms with Crippen LogP contribution in [0.1, 0.15) is 37.9 Å². The largest absolute Gasteiger partial charge is 0.352 e. The van der Waals surface area contributed by atoms with E-state index in [4.69, 9.17) is 0 Å². The van der Waals surface area contributed by atoms with Gasteiger partial charge in [0.25, 0.3) is 0 Å². The smallest absolute Gasteiger partial charge is 0.225 e. The maximum Gasteiger partial charge on any atom is 0.225 e. The molecule has 2 aliphatic rings. The van der Waals surface area contributed by atoms with Gasteiger partial charge >= 0.3 is 0 Å². The first-order valence-electron chi connectivity index (χ1n) is 10.4. The number of guanidine groups is 1. The van der Waals surface area contributed by atoms with Crippen LogP contribution in [0.3, 0.4) is 0 Å². The zero-order chi connectivity index (χ0) is 20.1. The third-order valence-electron chi connectivity index (χ3n) is 5.84. The molecular weight excluding hydrogens is 366 g/mol. The highest BCUT2D eigenvalue weighted by molar-refractivity contribution is 5.81. The van der Waals surface area contributed by atoms with Crippen LogP contribution in [0.4, 0.5) is 0 Å². The number of amides is 1. The minimum Gasteiger partial charge on any atom is -0.352 e. The van der Waals surface area contributed by atoms with Crippen LogP contribution in [-0.4, -0.2) is 57.7 Å². The van der Waals surface area contributed by atoms with Crippen molar-refractivity contribution in [3.8, 4) is 5.69 Å². The van der Waals surface area contributed by atoms with Crippen molar-refractivity contribution in [2.75, 3.05) is 20.1 Å². The number of carbonyl (C=O) groups is 1. The van der Waals surface area contributed by atoms with E-state index in [1.165, 1.54) is 12.8 Å². The second-order valence-electron chi connectivity index (χ2n) is 7.77. The van der Waals surface area contributed by atoms with Crippen molar-refractivity contribution >= 4 is 11.9 Å². The van der Waals surface area contributed by atoms with Gasteiger partial charge in [-0.05, 0) is 31.4 Å². The van der Waals surface area contributed by atoms with Crippen molar-refractivity contribution in [1.82, 2.24) is 30.3 Å². The van der Waals surface area contributed by atoms with Gasteiger partial charge in [-0.15, -0.1) is 10.2 Å². The monoisotopic (exact) mass is 395 g/mol. The Morgan fingerprint density at radius 3 is 2.76 bits per heavy atom. The molecule has 2 N–H and O–H groups in total. The molecule has 1 aliphatic carbocycles. The number of nitrogens with zero attached hydrogens (tertiary/aromatic N) is 5. The lowest BCUT2D eigenvalue weighted by molar-refractivity contribution is -0.134. The summed E-state index contributed by atoms with van der Waals surface area (Å²) >= 11 is 0. The molecule has 2 aromatic rings. The molecule has 1 aliphatic heterocycles. The van der Waals surface area contributed by atoms with Crippen molar-refractivity contribution < 1.29 is 4.79 Å². The van der Waals surface area contributed by atoms with E-state index in [9.17, 15) is 4.79 Å². The van der Waals surface area contributed by atoms with Gasteiger partial charge in [0.1, 0.15) is 6.33 Å². The minimum atomic E-state index is 0.221. The summed E-state index contributed by atoms with van der Waals surface area (Å²) in [7, 11) is 1.76. The Morgan fingerprint density at radius 2 is 2.00 bits per heavy atom. The topological polar surface area (TPSA) is 87.4 Å². The Kier molecular flexibility index (Phi) is 6.07. The van der Waals surface area contributed by atoms with Gasteiger partial charge in [-0.25, -0.2) is 0 Å². The van der Waals surface area contributed by atoms with E-state index in [2.05, 4.69) is 25.8 Å². The van der Waals surface area contributed by atoms with Crippen LogP contribution >= 0.6 is 0 Å². The summed E-state index contributed by atoms with van der Waals surface area (Å²) in [6.45, 7) is 2.08. The summed E-state index contributed by atoms with van der Waals surface area (Å²) in [5.41, 5.74) is 1.02. The van der Waals surface area contributed by atoms with Crippen molar-refractivity contribution in [2.45, 2.75) is 44.7 Å². The van der Waals surface area contributed by atoms with E-state index >= 15 is 0 Å². The number of aliphatic imine (C=N–C) groups is 1. The molecule has 1 unspecified atom stereocenters. The fourth-order valence-electron chi connectivity index (χ4n) is 4.24. The van der Waals surface area contributed by atoms with Gasteiger partial charge in [0.05, 0.1) is 6.54 Å². The summed E-state index contributed by atoms with van der Waals surface area (Å²) in [6.07, 6.45) is 7.15. The molecule has 29 heavy (non-hydrogen) atoms. The van der Waals surface area contributed by atoms with Crippen LogP contribution in [0, 0.1) is 5.92 Å². The predicted molar refractivity (Wildman–Crippen MR) is 112 cm³/mol. The summed E-state index contributed by atoms with van der Waals surface area (Å²) < 4.78 is 1.96. The summed E-state index contributed by atoms with van der Waals surface area (Å²) in [5.74, 6) is 2.11. The molecule has 8 heteroatoms. The Labute approximate surface area is 171 Å². The zero-order valence-corrected chi connectivity index (χ0v) is 16.9. The number of likely N-dealkylation sites (tertiary alicyclic amines) is 1. The Morgan fingerprint density at radius 1 is 1.21 bits per heavy atom. The number of carbonyl (C=O) groups excluding carboxylic acids is 1. The predicted octanol–water partition coefficient (Wildman–Crippen LogP) is 1.72. The third kappa shape index (κ3) is 4.58. The zero-order valence-electron chi connectivity index (χ0n) is 16.9. The molecular formula is C21H29N7O. The van der Waals surface area contributed by atoms with E-state index in [1.807, 2.05) is 39.8 Å². The van der Waals surface area contributed by atoms with Gasteiger partial charge in [0.15, 0.2) is 11.8 Å². The first-order valence-corrected chi connectivity index (χ1v) is 10.4. The Bertz CT molecular complexity index is 842. The van der Waals surface area contributed by atoms with Crippen LogP contribution in [0.25, 0.3) is 5.69 Å². The molecule has 8 nitrogen and oxygen atoms in total. The van der Waals surface area contributed by atoms with Crippen molar-refractivity contribution in [3.05, 3.63) is 42.5 Å². The van der Waals surface area contributed by atoms with Crippen LogP contribution < -0.4 is 10.6 Å². The molecule has 154 valence electrons. The average molecular weight is 396 g/mol. The molecule has 1 atom stereocenters. The lowest BCUT2D eigenvalue weighted by atomic mass is 10.1. The molecule has 0 bridgehead atoms. The molecule has 4 rings (SSSR count). The average Bonchev–Trinajstić information content (AvgIpc) is 3.53. The number of nitrogens with one attached hydrogen (secondary N) is 2. The first kappa shape index (κ1) is 19.4. The Balaban J connectivity index is 1.30. The highest BCUT2D eigenvalue weighted by Crippen LogP contribution is 2.27. The summed E-state index contributed by atoms with van der Waals surface area (Å²) in [6, 6.07) is 10.2. The van der Waals surface area contributed by atoms with E-state index in [-0.39, 0.29) is 12.0 Å². The maximum atomic E-state index is 12.6. The second kappa shape index (κ2) is 9.07. The van der Waals surface area contributed by atoms with Gasteiger partial charge in [-0.1, -0.05) is 31.0 Å². The quantitative estimate of drug-likeness (QED) is 0.595. The van der Waals surface area contributed by atoms with Crippen molar-refractivity contribution in [3.63, 3.8) is 0 Å². The van der Waals surface area contributed by atoms with Crippen LogP contribution in [0.2, 0.25) is 0 Å². The number of para-hydroxylation sites is 1. The fraction of sp³-hybridized carbons (Fsp3) is 0.524. The van der Waals surface area contributed by atoms with Crippen molar-refractivity contribution in [1.29, 1.82) is 0 Å². The number of aromatic nitrogens is 3. The first-order chi connectivity index (χ1) is 14.2. The molecule has 1 amide bonds. The number of rotatable bonds is 5. The van der Waals surface area contributed by atoms with Crippen molar-refractivity contribution in [2.24, 2.45) is 10.9 Å². The van der Waals surface area contributed by atoms with Gasteiger partial charge in [-0.3, -0.25) is 14.4 Å². The Hall–Kier alpha value is -2.90. The van der Waals surface area contributed by atoms with Crippen LogP contribution in [-0.2, 0) is 11.3 Å². The highest BCUT2D eigenvalue weighted by atomic mass is 16.2.